The first-order valence-corrected chi connectivity index (χ1v) is 8.52. The zero-order valence-corrected chi connectivity index (χ0v) is 14.4. The van der Waals surface area contributed by atoms with Crippen LogP contribution in [0.3, 0.4) is 0 Å². The molecule has 0 aliphatic carbocycles. The number of aromatic nitrogens is 2. The molecular formula is C21H18N4O2. The van der Waals surface area contributed by atoms with Gasteiger partial charge in [0.05, 0.1) is 5.39 Å². The molecule has 0 bridgehead atoms. The standard InChI is InChI=1S/C21H18N4O2/c22-19(21(26)25-15-4-2-1-3-5-15)14-6-8-16(9-7-14)27-18-11-13-24-20-17(18)10-12-23-20/h1-13,19H,22H2,(H,23,24)(H,25,26). The Morgan fingerprint density at radius 1 is 1.04 bits per heavy atom. The second-order valence-electron chi connectivity index (χ2n) is 6.05. The molecule has 4 N–H and O–H groups in total. The van der Waals surface area contributed by atoms with Crippen LogP contribution in [-0.4, -0.2) is 15.9 Å². The Morgan fingerprint density at radius 3 is 2.59 bits per heavy atom. The fourth-order valence-corrected chi connectivity index (χ4v) is 2.79. The second-order valence-corrected chi connectivity index (χ2v) is 6.05. The summed E-state index contributed by atoms with van der Waals surface area (Å²) < 4.78 is 5.94. The van der Waals surface area contributed by atoms with E-state index in [2.05, 4.69) is 15.3 Å². The Bertz CT molecular complexity index is 1060. The highest BCUT2D eigenvalue weighted by Crippen LogP contribution is 2.29. The summed E-state index contributed by atoms with van der Waals surface area (Å²) in [6, 6.07) is 19.4. The first-order valence-electron chi connectivity index (χ1n) is 8.52. The van der Waals surface area contributed by atoms with Gasteiger partial charge in [-0.05, 0) is 42.0 Å². The number of amides is 1. The van der Waals surface area contributed by atoms with Gasteiger partial charge < -0.3 is 20.8 Å². The summed E-state index contributed by atoms with van der Waals surface area (Å²) in [4.78, 5) is 19.6. The summed E-state index contributed by atoms with van der Waals surface area (Å²) in [6.07, 6.45) is 3.50. The lowest BCUT2D eigenvalue weighted by Crippen LogP contribution is -2.27. The lowest BCUT2D eigenvalue weighted by Gasteiger charge is -2.13. The van der Waals surface area contributed by atoms with Crippen LogP contribution in [0.4, 0.5) is 5.69 Å². The maximum atomic E-state index is 12.3. The number of nitrogens with two attached hydrogens (primary N) is 1. The molecule has 0 spiro atoms. The number of anilines is 1. The average molecular weight is 358 g/mol. The quantitative estimate of drug-likeness (QED) is 0.503. The molecule has 0 fully saturated rings. The molecular weight excluding hydrogens is 340 g/mol. The van der Waals surface area contributed by atoms with Crippen LogP contribution in [0.1, 0.15) is 11.6 Å². The van der Waals surface area contributed by atoms with Crippen LogP contribution in [-0.2, 0) is 4.79 Å². The van der Waals surface area contributed by atoms with E-state index in [-0.39, 0.29) is 5.91 Å². The van der Waals surface area contributed by atoms with Crippen LogP contribution >= 0.6 is 0 Å². The molecule has 6 heteroatoms. The van der Waals surface area contributed by atoms with E-state index in [1.54, 1.807) is 30.5 Å². The first-order chi connectivity index (χ1) is 13.2. The summed E-state index contributed by atoms with van der Waals surface area (Å²) in [5.74, 6) is 1.10. The van der Waals surface area contributed by atoms with Crippen molar-refractivity contribution in [2.24, 2.45) is 5.73 Å². The van der Waals surface area contributed by atoms with Crippen LogP contribution in [0.15, 0.2) is 79.1 Å². The Hall–Kier alpha value is -3.64. The first kappa shape index (κ1) is 16.8. The van der Waals surface area contributed by atoms with Crippen LogP contribution in [0.5, 0.6) is 11.5 Å². The zero-order valence-electron chi connectivity index (χ0n) is 14.4. The fraction of sp³-hybridized carbons (Fsp3) is 0.0476. The van der Waals surface area contributed by atoms with Gasteiger partial charge in [-0.25, -0.2) is 4.98 Å². The third-order valence-corrected chi connectivity index (χ3v) is 4.21. The number of hydrogen-bond acceptors (Lipinski definition) is 4. The van der Waals surface area contributed by atoms with Crippen molar-refractivity contribution in [2.45, 2.75) is 6.04 Å². The predicted molar refractivity (Wildman–Crippen MR) is 105 cm³/mol. The molecule has 4 rings (SSSR count). The Kier molecular flexibility index (Phi) is 4.55. The molecule has 0 aliphatic rings. The van der Waals surface area contributed by atoms with Crippen LogP contribution < -0.4 is 15.8 Å². The highest BCUT2D eigenvalue weighted by atomic mass is 16.5. The van der Waals surface area contributed by atoms with Crippen molar-refractivity contribution in [3.8, 4) is 11.5 Å². The summed E-state index contributed by atoms with van der Waals surface area (Å²) in [6.45, 7) is 0. The topological polar surface area (TPSA) is 93.0 Å². The van der Waals surface area contributed by atoms with E-state index in [0.717, 1.165) is 11.0 Å². The van der Waals surface area contributed by atoms with Gasteiger partial charge in [0.2, 0.25) is 5.91 Å². The van der Waals surface area contributed by atoms with Gasteiger partial charge in [0.15, 0.2) is 0 Å². The summed E-state index contributed by atoms with van der Waals surface area (Å²) in [5.41, 5.74) is 8.27. The van der Waals surface area contributed by atoms with Crippen molar-refractivity contribution < 1.29 is 9.53 Å². The van der Waals surface area contributed by atoms with Crippen molar-refractivity contribution >= 4 is 22.6 Å². The molecule has 1 unspecified atom stereocenters. The van der Waals surface area contributed by atoms with Crippen molar-refractivity contribution in [2.75, 3.05) is 5.32 Å². The van der Waals surface area contributed by atoms with Crippen molar-refractivity contribution in [1.29, 1.82) is 0 Å². The van der Waals surface area contributed by atoms with Gasteiger partial charge in [0.1, 0.15) is 23.2 Å². The van der Waals surface area contributed by atoms with Crippen molar-refractivity contribution in [1.82, 2.24) is 9.97 Å². The van der Waals surface area contributed by atoms with Crippen LogP contribution in [0.25, 0.3) is 11.0 Å². The monoisotopic (exact) mass is 358 g/mol. The molecule has 2 heterocycles. The van der Waals surface area contributed by atoms with Crippen molar-refractivity contribution in [3.63, 3.8) is 0 Å². The third-order valence-electron chi connectivity index (χ3n) is 4.21. The molecule has 1 atom stereocenters. The molecule has 0 aliphatic heterocycles. The largest absolute Gasteiger partial charge is 0.457 e. The number of fused-ring (bicyclic) bond motifs is 1. The Morgan fingerprint density at radius 2 is 1.81 bits per heavy atom. The molecule has 134 valence electrons. The van der Waals surface area contributed by atoms with E-state index in [4.69, 9.17) is 10.5 Å². The van der Waals surface area contributed by atoms with Gasteiger partial charge in [-0.2, -0.15) is 0 Å². The Balaban J connectivity index is 1.47. The van der Waals surface area contributed by atoms with Gasteiger partial charge >= 0.3 is 0 Å². The lowest BCUT2D eigenvalue weighted by molar-refractivity contribution is -0.117. The molecule has 6 nitrogen and oxygen atoms in total. The van der Waals surface area contributed by atoms with E-state index >= 15 is 0 Å². The van der Waals surface area contributed by atoms with Crippen LogP contribution in [0.2, 0.25) is 0 Å². The lowest BCUT2D eigenvalue weighted by atomic mass is 10.1. The molecule has 27 heavy (non-hydrogen) atoms. The Labute approximate surface area is 156 Å². The number of H-pyrrole nitrogens is 1. The molecule has 2 aromatic carbocycles. The number of nitrogens with zero attached hydrogens (tertiary/aromatic N) is 1. The average Bonchev–Trinajstić information content (AvgIpc) is 3.19. The molecule has 2 aromatic heterocycles. The zero-order chi connectivity index (χ0) is 18.6. The van der Waals surface area contributed by atoms with E-state index in [9.17, 15) is 4.79 Å². The number of benzene rings is 2. The number of nitrogens with one attached hydrogen (secondary N) is 2. The fourth-order valence-electron chi connectivity index (χ4n) is 2.79. The number of ether oxygens (including phenoxy) is 1. The van der Waals surface area contributed by atoms with Gasteiger partial charge in [-0.3, -0.25) is 4.79 Å². The van der Waals surface area contributed by atoms with E-state index < -0.39 is 6.04 Å². The molecule has 0 saturated heterocycles. The maximum absolute atomic E-state index is 12.3. The van der Waals surface area contributed by atoms with Crippen LogP contribution in [0, 0.1) is 0 Å². The number of carbonyl (C=O) groups excluding carboxylic acids is 1. The summed E-state index contributed by atoms with van der Waals surface area (Å²) in [5, 5.41) is 3.71. The second kappa shape index (κ2) is 7.31. The molecule has 0 saturated carbocycles. The third kappa shape index (κ3) is 3.65. The van der Waals surface area contributed by atoms with Gasteiger partial charge in [-0.1, -0.05) is 30.3 Å². The smallest absolute Gasteiger partial charge is 0.245 e. The number of carbonyl (C=O) groups is 1. The van der Waals surface area contributed by atoms with Gasteiger partial charge in [0.25, 0.3) is 0 Å². The van der Waals surface area contributed by atoms with Gasteiger partial charge in [-0.15, -0.1) is 0 Å². The van der Waals surface area contributed by atoms with E-state index in [1.807, 2.05) is 48.7 Å². The minimum absolute atomic E-state index is 0.266. The number of para-hydroxylation sites is 1. The number of aromatic amines is 1. The normalized spacial score (nSPS) is 11.9. The maximum Gasteiger partial charge on any atom is 0.245 e. The number of hydrogen-bond donors (Lipinski definition) is 3. The highest BCUT2D eigenvalue weighted by Gasteiger charge is 2.16. The minimum Gasteiger partial charge on any atom is -0.457 e. The van der Waals surface area contributed by atoms with E-state index in [1.165, 1.54) is 0 Å². The highest BCUT2D eigenvalue weighted by molar-refractivity contribution is 5.95. The SMILES string of the molecule is NC(C(=O)Nc1ccccc1)c1ccc(Oc2ccnc3[nH]ccc23)cc1. The minimum atomic E-state index is -0.767. The molecule has 1 amide bonds. The predicted octanol–water partition coefficient (Wildman–Crippen LogP) is 3.99. The molecule has 4 aromatic rings. The molecule has 0 radical (unpaired) electrons. The number of pyridine rings is 1. The van der Waals surface area contributed by atoms with Crippen molar-refractivity contribution in [3.05, 3.63) is 84.7 Å². The number of rotatable bonds is 5. The summed E-state index contributed by atoms with van der Waals surface area (Å²) in [7, 11) is 0. The summed E-state index contributed by atoms with van der Waals surface area (Å²) >= 11 is 0. The van der Waals surface area contributed by atoms with Gasteiger partial charge in [0, 0.05) is 18.1 Å². The van der Waals surface area contributed by atoms with E-state index in [0.29, 0.717) is 22.7 Å².